The summed E-state index contributed by atoms with van der Waals surface area (Å²) < 4.78 is 29.0. The van der Waals surface area contributed by atoms with Gasteiger partial charge in [-0.3, -0.25) is 9.97 Å². The standard InChI is InChI=1S/C25H17F2N5.Pd/c1-25(2,20-10-5-9-19(28-20)17-13-14-22(26)30-24(17)27)21-11-6-12-23(29-21)32-15-16-7-3-4-8-18(16)31-32;/h3-12,14H,1-2H3;/q-2;+2. The molecule has 0 aliphatic heterocycles. The summed E-state index contributed by atoms with van der Waals surface area (Å²) in [6.07, 6.45) is 3.22. The van der Waals surface area contributed by atoms with Crippen molar-refractivity contribution < 1.29 is 29.2 Å². The minimum atomic E-state index is -0.950. The fourth-order valence-corrected chi connectivity index (χ4v) is 3.51. The number of halogens is 2. The molecule has 4 heterocycles. The van der Waals surface area contributed by atoms with Gasteiger partial charge in [0.25, 0.3) is 0 Å². The van der Waals surface area contributed by atoms with Gasteiger partial charge in [-0.05, 0) is 37.9 Å². The molecule has 0 spiro atoms. The monoisotopic (exact) mass is 531 g/mol. The van der Waals surface area contributed by atoms with Gasteiger partial charge in [0.2, 0.25) is 0 Å². The summed E-state index contributed by atoms with van der Waals surface area (Å²) in [7, 11) is 0. The maximum Gasteiger partial charge on any atom is 2.00 e. The first-order valence-electron chi connectivity index (χ1n) is 9.98. The maximum absolute atomic E-state index is 14.2. The molecule has 8 heteroatoms. The molecule has 5 nitrogen and oxygen atoms in total. The topological polar surface area (TPSA) is 56.5 Å². The Morgan fingerprint density at radius 2 is 1.58 bits per heavy atom. The Morgan fingerprint density at radius 3 is 2.33 bits per heavy atom. The quantitative estimate of drug-likeness (QED) is 0.184. The van der Waals surface area contributed by atoms with Crippen LogP contribution in [0.2, 0.25) is 0 Å². The fourth-order valence-electron chi connectivity index (χ4n) is 3.51. The molecule has 0 atom stereocenters. The number of fused-ring (bicyclic) bond motifs is 1. The first-order valence-corrected chi connectivity index (χ1v) is 9.98. The average molecular weight is 532 g/mol. The third-order valence-electron chi connectivity index (χ3n) is 5.32. The Morgan fingerprint density at radius 1 is 0.848 bits per heavy atom. The van der Waals surface area contributed by atoms with Crippen LogP contribution in [0, 0.1) is 24.2 Å². The van der Waals surface area contributed by atoms with Crippen LogP contribution in [0.15, 0.2) is 66.7 Å². The Bertz CT molecular complexity index is 1410. The normalized spacial score (nSPS) is 11.4. The number of hydrogen-bond acceptors (Lipinski definition) is 4. The van der Waals surface area contributed by atoms with Crippen LogP contribution in [-0.2, 0) is 25.8 Å². The van der Waals surface area contributed by atoms with Crippen LogP contribution in [0.5, 0.6) is 0 Å². The van der Waals surface area contributed by atoms with E-state index in [9.17, 15) is 8.78 Å². The first-order chi connectivity index (χ1) is 15.4. The van der Waals surface area contributed by atoms with Crippen molar-refractivity contribution in [3.8, 4) is 17.1 Å². The van der Waals surface area contributed by atoms with E-state index in [0.717, 1.165) is 22.7 Å². The maximum atomic E-state index is 14.2. The van der Waals surface area contributed by atoms with Crippen LogP contribution < -0.4 is 0 Å². The first kappa shape index (κ1) is 22.8. The van der Waals surface area contributed by atoms with Gasteiger partial charge in [0, 0.05) is 22.3 Å². The molecule has 33 heavy (non-hydrogen) atoms. The molecule has 4 aromatic heterocycles. The number of pyridine rings is 3. The molecule has 0 unspecified atom stereocenters. The number of rotatable bonds is 4. The van der Waals surface area contributed by atoms with Gasteiger partial charge in [0.15, 0.2) is 0 Å². The van der Waals surface area contributed by atoms with Crippen LogP contribution in [-0.4, -0.2) is 24.7 Å². The van der Waals surface area contributed by atoms with Gasteiger partial charge >= 0.3 is 20.4 Å². The second-order valence-electron chi connectivity index (χ2n) is 7.84. The second-order valence-corrected chi connectivity index (χ2v) is 7.84. The van der Waals surface area contributed by atoms with Crippen LogP contribution in [0.1, 0.15) is 25.2 Å². The zero-order valence-corrected chi connectivity index (χ0v) is 19.2. The van der Waals surface area contributed by atoms with Crippen LogP contribution in [0.25, 0.3) is 28.0 Å². The summed E-state index contributed by atoms with van der Waals surface area (Å²) in [6.45, 7) is 3.97. The molecule has 5 aromatic rings. The summed E-state index contributed by atoms with van der Waals surface area (Å²) in [5.41, 5.74) is 2.00. The van der Waals surface area contributed by atoms with Crippen molar-refractivity contribution in [3.05, 3.63) is 102 Å². The third-order valence-corrected chi connectivity index (χ3v) is 5.32. The van der Waals surface area contributed by atoms with Crippen molar-refractivity contribution in [2.45, 2.75) is 19.3 Å². The van der Waals surface area contributed by atoms with E-state index in [1.165, 1.54) is 0 Å². The van der Waals surface area contributed by atoms with E-state index >= 15 is 0 Å². The molecule has 0 saturated carbocycles. The Balaban J connectivity index is 0.00000259. The van der Waals surface area contributed by atoms with Crippen molar-refractivity contribution in [1.82, 2.24) is 24.7 Å². The van der Waals surface area contributed by atoms with Crippen molar-refractivity contribution in [2.24, 2.45) is 0 Å². The fraction of sp³-hybridized carbons (Fsp3) is 0.120. The average Bonchev–Trinajstić information content (AvgIpc) is 3.24. The van der Waals surface area contributed by atoms with Crippen molar-refractivity contribution in [2.75, 3.05) is 0 Å². The zero-order valence-electron chi connectivity index (χ0n) is 17.7. The van der Waals surface area contributed by atoms with Crippen LogP contribution in [0.4, 0.5) is 8.78 Å². The second kappa shape index (κ2) is 8.89. The molecule has 0 aliphatic rings. The molecular weight excluding hydrogens is 515 g/mol. The minimum absolute atomic E-state index is 0. The van der Waals surface area contributed by atoms with Gasteiger partial charge in [0.1, 0.15) is 11.9 Å². The van der Waals surface area contributed by atoms with Gasteiger partial charge in [-0.2, -0.15) is 0 Å². The summed E-state index contributed by atoms with van der Waals surface area (Å²) in [5, 5.41) is 5.45. The van der Waals surface area contributed by atoms with Gasteiger partial charge in [-0.25, -0.2) is 13.9 Å². The molecule has 5 rings (SSSR count). The van der Waals surface area contributed by atoms with Crippen LogP contribution in [0.3, 0.4) is 0 Å². The minimum Gasteiger partial charge on any atom is -0.311 e. The smallest absolute Gasteiger partial charge is 0.311 e. The molecule has 0 radical (unpaired) electrons. The van der Waals surface area contributed by atoms with E-state index in [1.54, 1.807) is 16.8 Å². The third kappa shape index (κ3) is 4.32. The summed E-state index contributed by atoms with van der Waals surface area (Å²) in [6, 6.07) is 22.2. The van der Waals surface area contributed by atoms with Crippen LogP contribution >= 0.6 is 0 Å². The van der Waals surface area contributed by atoms with Gasteiger partial charge in [0.05, 0.1) is 5.82 Å². The van der Waals surface area contributed by atoms with Crippen molar-refractivity contribution >= 4 is 10.9 Å². The SMILES string of the molecule is CC(C)(c1cccc(-c2[c-]cc(F)nc2F)n1)c1cccc(-n2[c-]c3ccccc3n2)n1.[Pd+2]. The predicted molar refractivity (Wildman–Crippen MR) is 116 cm³/mol. The van der Waals surface area contributed by atoms with Gasteiger partial charge < -0.3 is 9.67 Å². The molecule has 166 valence electrons. The van der Waals surface area contributed by atoms with E-state index < -0.39 is 17.3 Å². The summed E-state index contributed by atoms with van der Waals surface area (Å²) >= 11 is 0. The van der Waals surface area contributed by atoms with E-state index in [2.05, 4.69) is 27.3 Å². The Kier molecular flexibility index (Phi) is 6.16. The van der Waals surface area contributed by atoms with Crippen molar-refractivity contribution in [1.29, 1.82) is 0 Å². The Hall–Kier alpha value is -3.34. The van der Waals surface area contributed by atoms with Gasteiger partial charge in [-0.15, -0.1) is 23.6 Å². The number of benzene rings is 1. The van der Waals surface area contributed by atoms with Gasteiger partial charge in [-0.1, -0.05) is 48.0 Å². The molecule has 0 bridgehead atoms. The van der Waals surface area contributed by atoms with Crippen molar-refractivity contribution in [3.63, 3.8) is 0 Å². The number of nitrogens with zero attached hydrogens (tertiary/aromatic N) is 5. The van der Waals surface area contributed by atoms with E-state index in [4.69, 9.17) is 4.98 Å². The zero-order chi connectivity index (χ0) is 22.3. The molecule has 0 N–H and O–H groups in total. The van der Waals surface area contributed by atoms with E-state index in [1.807, 2.05) is 62.4 Å². The molecule has 0 amide bonds. The molecule has 0 aliphatic carbocycles. The molecule has 0 fully saturated rings. The predicted octanol–water partition coefficient (Wildman–Crippen LogP) is 5.08. The molecular formula is C25H17F2N5Pd. The largest absolute Gasteiger partial charge is 2.00 e. The van der Waals surface area contributed by atoms with E-state index in [-0.39, 0.29) is 26.0 Å². The number of hydrogen-bond donors (Lipinski definition) is 0. The molecule has 0 saturated heterocycles. The summed E-state index contributed by atoms with van der Waals surface area (Å²) in [4.78, 5) is 12.7. The number of aromatic nitrogens is 5. The Labute approximate surface area is 203 Å². The van der Waals surface area contributed by atoms with E-state index in [0.29, 0.717) is 17.2 Å². The molecule has 1 aromatic carbocycles. The summed E-state index contributed by atoms with van der Waals surface area (Å²) in [5.74, 6) is -1.24.